The van der Waals surface area contributed by atoms with E-state index in [2.05, 4.69) is 28.2 Å². The molecule has 0 atom stereocenters. The van der Waals surface area contributed by atoms with Crippen molar-refractivity contribution in [1.82, 2.24) is 10.0 Å². The van der Waals surface area contributed by atoms with Gasteiger partial charge in [-0.15, -0.1) is 0 Å². The van der Waals surface area contributed by atoms with Gasteiger partial charge in [0.25, 0.3) is 0 Å². The van der Waals surface area contributed by atoms with E-state index in [9.17, 15) is 0 Å². The molecule has 1 aromatic rings. The lowest BCUT2D eigenvalue weighted by atomic mass is 10.2. The molecule has 0 aromatic heterocycles. The fourth-order valence-corrected chi connectivity index (χ4v) is 1.29. The molecule has 0 aliphatic carbocycles. The Kier molecular flexibility index (Phi) is 4.72. The first-order valence-corrected chi connectivity index (χ1v) is 5.06. The maximum absolute atomic E-state index is 4.97. The first kappa shape index (κ1) is 11.3. The first-order chi connectivity index (χ1) is 6.76. The highest BCUT2D eigenvalue weighted by molar-refractivity contribution is 7.80. The molecule has 1 aromatic carbocycles. The summed E-state index contributed by atoms with van der Waals surface area (Å²) in [5.41, 5.74) is 2.16. The molecule has 0 saturated heterocycles. The maximum atomic E-state index is 4.97. The zero-order chi connectivity index (χ0) is 10.4. The number of nitrogens with one attached hydrogen (secondary N) is 3. The zero-order valence-corrected chi connectivity index (χ0v) is 9.58. The van der Waals surface area contributed by atoms with Gasteiger partial charge in [-0.3, -0.25) is 4.72 Å². The van der Waals surface area contributed by atoms with Crippen molar-refractivity contribution in [3.8, 4) is 0 Å². The van der Waals surface area contributed by atoms with Crippen molar-refractivity contribution in [2.75, 3.05) is 12.4 Å². The Bertz CT molecular complexity index is 297. The van der Waals surface area contributed by atoms with E-state index in [0.29, 0.717) is 5.11 Å². The van der Waals surface area contributed by atoms with Crippen LogP contribution in [-0.2, 0) is 6.54 Å². The Labute approximate surface area is 94.8 Å². The Balaban J connectivity index is 2.59. The molecule has 14 heavy (non-hydrogen) atoms. The van der Waals surface area contributed by atoms with Crippen LogP contribution in [0.2, 0.25) is 0 Å². The van der Waals surface area contributed by atoms with Crippen LogP contribution in [-0.4, -0.2) is 12.2 Å². The average molecular weight is 227 g/mol. The molecule has 0 spiro atoms. The lowest BCUT2D eigenvalue weighted by Gasteiger charge is -2.07. The summed E-state index contributed by atoms with van der Waals surface area (Å²) in [5.74, 6) is 0. The highest BCUT2D eigenvalue weighted by atomic mass is 32.1. The van der Waals surface area contributed by atoms with E-state index in [1.54, 1.807) is 7.05 Å². The highest BCUT2D eigenvalue weighted by Gasteiger charge is 1.95. The van der Waals surface area contributed by atoms with Crippen LogP contribution < -0.4 is 15.4 Å². The molecule has 0 saturated carbocycles. The van der Waals surface area contributed by atoms with Crippen molar-refractivity contribution in [3.05, 3.63) is 29.8 Å². The summed E-state index contributed by atoms with van der Waals surface area (Å²) in [6.45, 7) is 0.750. The Morgan fingerprint density at radius 3 is 2.50 bits per heavy atom. The van der Waals surface area contributed by atoms with Gasteiger partial charge >= 0.3 is 0 Å². The molecule has 0 aliphatic heterocycles. The monoisotopic (exact) mass is 227 g/mol. The number of hydrogen-bond acceptors (Lipinski definition) is 3. The molecular formula is C9H13N3S2. The third-order valence-electron chi connectivity index (χ3n) is 1.72. The van der Waals surface area contributed by atoms with Crippen LogP contribution in [0.25, 0.3) is 0 Å². The van der Waals surface area contributed by atoms with Crippen LogP contribution in [0.15, 0.2) is 24.3 Å². The molecule has 5 heteroatoms. The van der Waals surface area contributed by atoms with E-state index in [1.165, 1.54) is 5.56 Å². The Hall–Kier alpha value is -0.780. The summed E-state index contributed by atoms with van der Waals surface area (Å²) in [6.07, 6.45) is 0. The predicted octanol–water partition coefficient (Wildman–Crippen LogP) is 1.54. The number of benzene rings is 1. The fourth-order valence-electron chi connectivity index (χ4n) is 0.991. The van der Waals surface area contributed by atoms with E-state index in [-0.39, 0.29) is 0 Å². The largest absolute Gasteiger partial charge is 0.366 e. The number of thiocarbonyl (C=S) groups is 1. The van der Waals surface area contributed by atoms with Crippen LogP contribution in [0, 0.1) is 0 Å². The molecule has 0 radical (unpaired) electrons. The Morgan fingerprint density at radius 2 is 2.00 bits per heavy atom. The van der Waals surface area contributed by atoms with E-state index >= 15 is 0 Å². The van der Waals surface area contributed by atoms with Gasteiger partial charge in [-0.25, -0.2) is 0 Å². The smallest absolute Gasteiger partial charge is 0.170 e. The highest BCUT2D eigenvalue weighted by Crippen LogP contribution is 2.09. The van der Waals surface area contributed by atoms with E-state index in [4.69, 9.17) is 12.2 Å². The minimum absolute atomic E-state index is 0.616. The van der Waals surface area contributed by atoms with Gasteiger partial charge in [0.15, 0.2) is 5.11 Å². The van der Waals surface area contributed by atoms with Crippen LogP contribution in [0.3, 0.4) is 0 Å². The van der Waals surface area contributed by atoms with Crippen molar-refractivity contribution in [2.24, 2.45) is 0 Å². The van der Waals surface area contributed by atoms with Gasteiger partial charge in [0.1, 0.15) is 0 Å². The van der Waals surface area contributed by atoms with E-state index in [1.807, 2.05) is 24.3 Å². The van der Waals surface area contributed by atoms with Crippen molar-refractivity contribution < 1.29 is 0 Å². The number of thiol groups is 1. The minimum Gasteiger partial charge on any atom is -0.366 e. The molecule has 0 amide bonds. The van der Waals surface area contributed by atoms with Crippen molar-refractivity contribution in [2.45, 2.75) is 6.54 Å². The third kappa shape index (κ3) is 3.53. The quantitative estimate of drug-likeness (QED) is 0.467. The van der Waals surface area contributed by atoms with E-state index in [0.717, 1.165) is 12.2 Å². The Morgan fingerprint density at radius 1 is 1.36 bits per heavy atom. The van der Waals surface area contributed by atoms with Gasteiger partial charge in [-0.05, 0) is 29.9 Å². The summed E-state index contributed by atoms with van der Waals surface area (Å²) >= 11 is 8.91. The SMILES string of the molecule is CNC(=S)Nc1ccc(CNS)cc1. The fraction of sp³-hybridized carbons (Fsp3) is 0.222. The number of anilines is 1. The van der Waals surface area contributed by atoms with Gasteiger partial charge < -0.3 is 10.6 Å². The van der Waals surface area contributed by atoms with Crippen LogP contribution in [0.4, 0.5) is 5.69 Å². The number of hydrogen-bond donors (Lipinski definition) is 4. The molecule has 76 valence electrons. The summed E-state index contributed by atoms with van der Waals surface area (Å²) in [7, 11) is 1.79. The second-order valence-electron chi connectivity index (χ2n) is 2.74. The predicted molar refractivity (Wildman–Crippen MR) is 67.5 cm³/mol. The summed E-state index contributed by atoms with van der Waals surface area (Å²) in [5, 5.41) is 6.51. The molecular weight excluding hydrogens is 214 g/mol. The molecule has 3 nitrogen and oxygen atoms in total. The standard InChI is InChI=1S/C9H13N3S2/c1-10-9(13)12-8-4-2-7(3-5-8)6-11-14/h2-5,11,14H,6H2,1H3,(H2,10,12,13). The average Bonchev–Trinajstić information content (AvgIpc) is 2.21. The summed E-state index contributed by atoms with van der Waals surface area (Å²) < 4.78 is 2.79. The van der Waals surface area contributed by atoms with Gasteiger partial charge in [0, 0.05) is 19.3 Å². The first-order valence-electron chi connectivity index (χ1n) is 4.21. The van der Waals surface area contributed by atoms with Gasteiger partial charge in [-0.2, -0.15) is 0 Å². The molecule has 0 fully saturated rings. The summed E-state index contributed by atoms with van der Waals surface area (Å²) in [4.78, 5) is 0. The molecule has 0 bridgehead atoms. The van der Waals surface area contributed by atoms with E-state index < -0.39 is 0 Å². The van der Waals surface area contributed by atoms with Crippen molar-refractivity contribution in [3.63, 3.8) is 0 Å². The van der Waals surface area contributed by atoms with Crippen LogP contribution in [0.5, 0.6) is 0 Å². The minimum atomic E-state index is 0.616. The van der Waals surface area contributed by atoms with Crippen LogP contribution >= 0.6 is 25.0 Å². The molecule has 1 rings (SSSR count). The molecule has 3 N–H and O–H groups in total. The van der Waals surface area contributed by atoms with Crippen molar-refractivity contribution in [1.29, 1.82) is 0 Å². The number of rotatable bonds is 3. The third-order valence-corrected chi connectivity index (χ3v) is 2.19. The molecule has 0 aliphatic rings. The van der Waals surface area contributed by atoms with Gasteiger partial charge in [-0.1, -0.05) is 24.9 Å². The van der Waals surface area contributed by atoms with Gasteiger partial charge in [0.2, 0.25) is 0 Å². The second kappa shape index (κ2) is 5.85. The zero-order valence-electron chi connectivity index (χ0n) is 7.87. The van der Waals surface area contributed by atoms with Crippen LogP contribution in [0.1, 0.15) is 5.56 Å². The topological polar surface area (TPSA) is 36.1 Å². The lowest BCUT2D eigenvalue weighted by Crippen LogP contribution is -2.24. The second-order valence-corrected chi connectivity index (χ2v) is 3.46. The summed E-state index contributed by atoms with van der Waals surface area (Å²) in [6, 6.07) is 7.99. The maximum Gasteiger partial charge on any atom is 0.170 e. The molecule has 0 unspecified atom stereocenters. The van der Waals surface area contributed by atoms with Crippen molar-refractivity contribution >= 4 is 35.8 Å². The van der Waals surface area contributed by atoms with Gasteiger partial charge in [0.05, 0.1) is 0 Å². The normalized spacial score (nSPS) is 9.57. The molecule has 0 heterocycles. The lowest BCUT2D eigenvalue weighted by molar-refractivity contribution is 0.986.